The number of rotatable bonds is 4. The predicted octanol–water partition coefficient (Wildman–Crippen LogP) is 2.30. The average molecular weight is 313 g/mol. The molecule has 1 aliphatic heterocycles. The van der Waals surface area contributed by atoms with E-state index in [-0.39, 0.29) is 18.7 Å². The third-order valence-electron chi connectivity index (χ3n) is 3.74. The predicted molar refractivity (Wildman–Crippen MR) is 77.4 cm³/mol. The van der Waals surface area contributed by atoms with Crippen LogP contribution in [0.5, 0.6) is 0 Å². The van der Waals surface area contributed by atoms with Gasteiger partial charge in [-0.05, 0) is 37.1 Å². The van der Waals surface area contributed by atoms with Crippen LogP contribution in [0, 0.1) is 0 Å². The number of aliphatic hydroxyl groups is 1. The van der Waals surface area contributed by atoms with E-state index in [4.69, 9.17) is 5.73 Å². The highest BCUT2D eigenvalue weighted by molar-refractivity contribution is 9.10. The van der Waals surface area contributed by atoms with Crippen LogP contribution in [0.1, 0.15) is 30.9 Å². The van der Waals surface area contributed by atoms with E-state index in [9.17, 15) is 5.11 Å². The first kappa shape index (κ1) is 14.0. The van der Waals surface area contributed by atoms with Gasteiger partial charge in [-0.3, -0.25) is 4.90 Å². The summed E-state index contributed by atoms with van der Waals surface area (Å²) in [7, 11) is 0. The molecule has 1 aromatic rings. The van der Waals surface area contributed by atoms with Gasteiger partial charge in [0.05, 0.1) is 6.61 Å². The topological polar surface area (TPSA) is 49.5 Å². The second kappa shape index (κ2) is 6.66. The number of hydrogen-bond acceptors (Lipinski definition) is 3. The largest absolute Gasteiger partial charge is 0.395 e. The number of nitrogens with two attached hydrogens (primary N) is 1. The number of benzene rings is 1. The molecule has 2 unspecified atom stereocenters. The Labute approximate surface area is 117 Å². The molecule has 2 atom stereocenters. The fourth-order valence-corrected chi connectivity index (χ4v) is 3.22. The Morgan fingerprint density at radius 1 is 1.44 bits per heavy atom. The number of halogens is 1. The quantitative estimate of drug-likeness (QED) is 0.897. The average Bonchev–Trinajstić information content (AvgIpc) is 2.40. The number of likely N-dealkylation sites (tertiary alicyclic amines) is 1. The molecule has 0 aromatic heterocycles. The van der Waals surface area contributed by atoms with Gasteiger partial charge in [0.2, 0.25) is 0 Å². The summed E-state index contributed by atoms with van der Waals surface area (Å²) in [6.45, 7) is 1.84. The summed E-state index contributed by atoms with van der Waals surface area (Å²) in [6.07, 6.45) is 3.47. The lowest BCUT2D eigenvalue weighted by Gasteiger charge is -2.40. The van der Waals surface area contributed by atoms with Gasteiger partial charge in [0.1, 0.15) is 0 Å². The maximum atomic E-state index is 9.52. The molecule has 1 fully saturated rings. The van der Waals surface area contributed by atoms with Crippen molar-refractivity contribution in [1.29, 1.82) is 0 Å². The highest BCUT2D eigenvalue weighted by Crippen LogP contribution is 2.29. The highest BCUT2D eigenvalue weighted by atomic mass is 79.9. The zero-order valence-electron chi connectivity index (χ0n) is 10.6. The van der Waals surface area contributed by atoms with Crippen LogP contribution in [0.4, 0.5) is 0 Å². The molecular formula is C14H21BrN2O. The zero-order chi connectivity index (χ0) is 13.0. The van der Waals surface area contributed by atoms with Crippen LogP contribution in [0.3, 0.4) is 0 Å². The van der Waals surface area contributed by atoms with Gasteiger partial charge in [-0.2, -0.15) is 0 Å². The van der Waals surface area contributed by atoms with Crippen molar-refractivity contribution in [2.45, 2.75) is 31.3 Å². The number of nitrogens with zero attached hydrogens (tertiary/aromatic N) is 1. The van der Waals surface area contributed by atoms with Crippen molar-refractivity contribution in [3.8, 4) is 0 Å². The molecule has 1 heterocycles. The number of piperidine rings is 1. The van der Waals surface area contributed by atoms with Crippen molar-refractivity contribution >= 4 is 15.9 Å². The lowest BCUT2D eigenvalue weighted by atomic mass is 9.96. The van der Waals surface area contributed by atoms with Crippen LogP contribution in [0.2, 0.25) is 0 Å². The van der Waals surface area contributed by atoms with E-state index in [1.165, 1.54) is 18.4 Å². The number of hydrogen-bond donors (Lipinski definition) is 2. The Morgan fingerprint density at radius 3 is 2.94 bits per heavy atom. The van der Waals surface area contributed by atoms with E-state index in [1.807, 2.05) is 12.1 Å². The van der Waals surface area contributed by atoms with Crippen molar-refractivity contribution in [2.75, 3.05) is 19.7 Å². The molecule has 0 saturated carbocycles. The lowest BCUT2D eigenvalue weighted by molar-refractivity contribution is 0.0552. The maximum absolute atomic E-state index is 9.52. The summed E-state index contributed by atoms with van der Waals surface area (Å²) in [5.74, 6) is 0. The molecule has 1 saturated heterocycles. The van der Waals surface area contributed by atoms with Crippen molar-refractivity contribution in [3.05, 3.63) is 34.3 Å². The first-order valence-electron chi connectivity index (χ1n) is 6.58. The molecule has 18 heavy (non-hydrogen) atoms. The first-order chi connectivity index (χ1) is 8.76. The third-order valence-corrected chi connectivity index (χ3v) is 4.23. The van der Waals surface area contributed by atoms with Gasteiger partial charge < -0.3 is 10.8 Å². The molecule has 3 nitrogen and oxygen atoms in total. The van der Waals surface area contributed by atoms with Crippen molar-refractivity contribution in [1.82, 2.24) is 4.90 Å². The van der Waals surface area contributed by atoms with E-state index >= 15 is 0 Å². The Bertz CT molecular complexity index is 386. The zero-order valence-corrected chi connectivity index (χ0v) is 12.1. The van der Waals surface area contributed by atoms with Crippen molar-refractivity contribution in [2.24, 2.45) is 5.73 Å². The van der Waals surface area contributed by atoms with Gasteiger partial charge in [0.15, 0.2) is 0 Å². The maximum Gasteiger partial charge on any atom is 0.0587 e. The molecule has 100 valence electrons. The summed E-state index contributed by atoms with van der Waals surface area (Å²) < 4.78 is 1.08. The van der Waals surface area contributed by atoms with E-state index in [0.29, 0.717) is 6.54 Å². The molecule has 0 radical (unpaired) electrons. The van der Waals surface area contributed by atoms with E-state index in [0.717, 1.165) is 17.4 Å². The van der Waals surface area contributed by atoms with Crippen LogP contribution in [-0.2, 0) is 0 Å². The van der Waals surface area contributed by atoms with E-state index in [1.54, 1.807) is 0 Å². The fourth-order valence-electron chi connectivity index (χ4n) is 2.81. The highest BCUT2D eigenvalue weighted by Gasteiger charge is 2.28. The summed E-state index contributed by atoms with van der Waals surface area (Å²) in [5, 5.41) is 9.52. The molecule has 0 amide bonds. The second-order valence-electron chi connectivity index (χ2n) is 4.88. The summed E-state index contributed by atoms with van der Waals surface area (Å²) in [5.41, 5.74) is 7.19. The minimum atomic E-state index is 0.208. The van der Waals surface area contributed by atoms with E-state index < -0.39 is 0 Å². The Hall–Kier alpha value is -0.420. The van der Waals surface area contributed by atoms with Crippen LogP contribution in [0.15, 0.2) is 28.7 Å². The van der Waals surface area contributed by atoms with Gasteiger partial charge >= 0.3 is 0 Å². The van der Waals surface area contributed by atoms with Crippen LogP contribution < -0.4 is 5.73 Å². The Morgan fingerprint density at radius 2 is 2.28 bits per heavy atom. The fraction of sp³-hybridized carbons (Fsp3) is 0.571. The normalized spacial score (nSPS) is 22.9. The summed E-state index contributed by atoms with van der Waals surface area (Å²) in [6, 6.07) is 8.77. The molecule has 0 bridgehead atoms. The summed E-state index contributed by atoms with van der Waals surface area (Å²) >= 11 is 3.51. The molecule has 4 heteroatoms. The minimum absolute atomic E-state index is 0.208. The Balaban J connectivity index is 2.21. The minimum Gasteiger partial charge on any atom is -0.395 e. The van der Waals surface area contributed by atoms with E-state index in [2.05, 4.69) is 33.0 Å². The van der Waals surface area contributed by atoms with Gasteiger partial charge in [0, 0.05) is 23.1 Å². The first-order valence-corrected chi connectivity index (χ1v) is 7.37. The summed E-state index contributed by atoms with van der Waals surface area (Å²) in [4.78, 5) is 2.37. The second-order valence-corrected chi connectivity index (χ2v) is 5.79. The molecule has 0 aliphatic carbocycles. The molecule has 2 rings (SSSR count). The third kappa shape index (κ3) is 3.12. The molecule has 1 aliphatic rings. The van der Waals surface area contributed by atoms with Crippen LogP contribution >= 0.6 is 15.9 Å². The van der Waals surface area contributed by atoms with Gasteiger partial charge in [0.25, 0.3) is 0 Å². The van der Waals surface area contributed by atoms with Crippen molar-refractivity contribution in [3.63, 3.8) is 0 Å². The molecular weight excluding hydrogens is 292 g/mol. The Kier molecular flexibility index (Phi) is 5.18. The molecule has 3 N–H and O–H groups in total. The van der Waals surface area contributed by atoms with Gasteiger partial charge in [-0.1, -0.05) is 34.5 Å². The standard InChI is InChI=1S/C14H21BrN2O/c15-12-5-3-4-11(8-12)14(9-16)17-7-2-1-6-13(17)10-18/h3-5,8,13-14,18H,1-2,6-7,9-10,16H2. The monoisotopic (exact) mass is 312 g/mol. The van der Waals surface area contributed by atoms with Gasteiger partial charge in [-0.15, -0.1) is 0 Å². The van der Waals surface area contributed by atoms with Gasteiger partial charge in [-0.25, -0.2) is 0 Å². The number of aliphatic hydroxyl groups excluding tert-OH is 1. The van der Waals surface area contributed by atoms with Crippen LogP contribution in [-0.4, -0.2) is 35.7 Å². The van der Waals surface area contributed by atoms with Crippen LogP contribution in [0.25, 0.3) is 0 Å². The molecule has 0 spiro atoms. The SMILES string of the molecule is NCC(c1cccc(Br)c1)N1CCCCC1CO. The van der Waals surface area contributed by atoms with Crippen molar-refractivity contribution < 1.29 is 5.11 Å². The molecule has 1 aromatic carbocycles. The smallest absolute Gasteiger partial charge is 0.0587 e. The lowest BCUT2D eigenvalue weighted by Crippen LogP contribution is -2.46.